The van der Waals surface area contributed by atoms with Crippen molar-refractivity contribution in [2.24, 2.45) is 0 Å². The molecule has 0 aliphatic rings. The van der Waals surface area contributed by atoms with Crippen LogP contribution >= 0.6 is 0 Å². The van der Waals surface area contributed by atoms with Gasteiger partial charge in [-0.05, 0) is 11.8 Å². The Kier molecular flexibility index (Phi) is 8.11. The normalized spacial score (nSPS) is 8.13. The first-order valence-corrected chi connectivity index (χ1v) is 5.07. The predicted molar refractivity (Wildman–Crippen MR) is 61.8 cm³/mol. The average molecular weight is 265 g/mol. The minimum atomic E-state index is 0. The molecule has 0 N–H and O–H groups in total. The molecule has 2 rings (SSSR count). The summed E-state index contributed by atoms with van der Waals surface area (Å²) >= 11 is 4.08. The summed E-state index contributed by atoms with van der Waals surface area (Å²) in [5.41, 5.74) is 2.01. The van der Waals surface area contributed by atoms with Gasteiger partial charge in [0.25, 0.3) is 0 Å². The van der Waals surface area contributed by atoms with Gasteiger partial charge in [-0.2, -0.15) is 6.26 Å². The summed E-state index contributed by atoms with van der Waals surface area (Å²) in [5, 5.41) is 0. The summed E-state index contributed by atoms with van der Waals surface area (Å²) in [7, 11) is 0. The SMILES string of the molecule is C[S-].[Cu+2].[c-]1ccccc1-c1ccccn1. The maximum Gasteiger partial charge on any atom is 2.00 e. The Hall–Kier alpha value is -0.761. The maximum atomic E-state index is 4.22. The molecule has 81 valence electrons. The third-order valence-corrected chi connectivity index (χ3v) is 1.65. The van der Waals surface area contributed by atoms with Crippen LogP contribution in [0.1, 0.15) is 0 Å². The minimum absolute atomic E-state index is 0. The molecule has 1 heterocycles. The zero-order valence-electron chi connectivity index (χ0n) is 8.28. The van der Waals surface area contributed by atoms with Crippen molar-refractivity contribution in [3.63, 3.8) is 0 Å². The Bertz CT molecular complexity index is 313. The van der Waals surface area contributed by atoms with E-state index >= 15 is 0 Å². The number of hydrogen-bond acceptors (Lipinski definition) is 2. The Morgan fingerprint density at radius 2 is 1.80 bits per heavy atom. The molecule has 0 fully saturated rings. The first-order chi connectivity index (χ1) is 6.97. The zero-order chi connectivity index (χ0) is 10.2. The van der Waals surface area contributed by atoms with Crippen molar-refractivity contribution in [2.45, 2.75) is 0 Å². The molecule has 0 aliphatic carbocycles. The first kappa shape index (κ1) is 14.2. The Balaban J connectivity index is 0.000000617. The van der Waals surface area contributed by atoms with E-state index in [9.17, 15) is 0 Å². The van der Waals surface area contributed by atoms with Crippen molar-refractivity contribution in [1.29, 1.82) is 0 Å². The van der Waals surface area contributed by atoms with E-state index in [4.69, 9.17) is 0 Å². The molecular formula is C12H11CuNS. The second-order valence-electron chi connectivity index (χ2n) is 2.49. The van der Waals surface area contributed by atoms with Crippen molar-refractivity contribution >= 4 is 12.6 Å². The minimum Gasteiger partial charge on any atom is -0.796 e. The molecule has 0 bridgehead atoms. The average Bonchev–Trinajstić information content (AvgIpc) is 2.34. The third kappa shape index (κ3) is 4.52. The summed E-state index contributed by atoms with van der Waals surface area (Å²) in [4.78, 5) is 4.22. The maximum absolute atomic E-state index is 4.22. The van der Waals surface area contributed by atoms with Crippen LogP contribution in [0.15, 0.2) is 48.7 Å². The smallest absolute Gasteiger partial charge is 0.796 e. The van der Waals surface area contributed by atoms with E-state index in [1.807, 2.05) is 42.5 Å². The van der Waals surface area contributed by atoms with Crippen molar-refractivity contribution in [3.8, 4) is 11.3 Å². The number of pyridine rings is 1. The quantitative estimate of drug-likeness (QED) is 0.446. The topological polar surface area (TPSA) is 12.9 Å². The van der Waals surface area contributed by atoms with Gasteiger partial charge in [-0.15, -0.1) is 35.9 Å². The predicted octanol–water partition coefficient (Wildman–Crippen LogP) is 2.71. The van der Waals surface area contributed by atoms with Crippen LogP contribution in [0.5, 0.6) is 0 Å². The monoisotopic (exact) mass is 264 g/mol. The summed E-state index contributed by atoms with van der Waals surface area (Å²) in [5.74, 6) is 0. The van der Waals surface area contributed by atoms with Gasteiger partial charge in [0.15, 0.2) is 0 Å². The molecule has 1 nitrogen and oxygen atoms in total. The summed E-state index contributed by atoms with van der Waals surface area (Å²) in [6, 6.07) is 16.8. The molecule has 15 heavy (non-hydrogen) atoms. The molecule has 1 aromatic carbocycles. The molecule has 0 spiro atoms. The number of aromatic nitrogens is 1. The summed E-state index contributed by atoms with van der Waals surface area (Å²) < 4.78 is 0. The molecule has 3 heteroatoms. The molecule has 0 unspecified atom stereocenters. The van der Waals surface area contributed by atoms with E-state index in [2.05, 4.69) is 23.7 Å². The largest absolute Gasteiger partial charge is 2.00 e. The van der Waals surface area contributed by atoms with E-state index < -0.39 is 0 Å². The molecule has 0 saturated carbocycles. The van der Waals surface area contributed by atoms with Crippen molar-refractivity contribution < 1.29 is 17.1 Å². The van der Waals surface area contributed by atoms with Crippen LogP contribution in [0, 0.1) is 6.07 Å². The Morgan fingerprint density at radius 3 is 2.33 bits per heavy atom. The van der Waals surface area contributed by atoms with Crippen LogP contribution in [0.25, 0.3) is 11.3 Å². The fourth-order valence-electron chi connectivity index (χ4n) is 1.07. The molecule has 0 atom stereocenters. The van der Waals surface area contributed by atoms with Crippen LogP contribution in [0.4, 0.5) is 0 Å². The molecule has 1 radical (unpaired) electrons. The van der Waals surface area contributed by atoms with Gasteiger partial charge in [0.05, 0.1) is 0 Å². The molecular weight excluding hydrogens is 254 g/mol. The van der Waals surface area contributed by atoms with Gasteiger partial charge in [0.1, 0.15) is 0 Å². The van der Waals surface area contributed by atoms with Crippen LogP contribution in [0.2, 0.25) is 0 Å². The first-order valence-electron chi connectivity index (χ1n) is 4.26. The zero-order valence-corrected chi connectivity index (χ0v) is 10.0. The van der Waals surface area contributed by atoms with Crippen LogP contribution in [-0.2, 0) is 29.7 Å². The Morgan fingerprint density at radius 1 is 1.07 bits per heavy atom. The molecule has 1 aromatic heterocycles. The second kappa shape index (κ2) is 8.54. The number of rotatable bonds is 1. The van der Waals surface area contributed by atoms with Crippen LogP contribution in [0.3, 0.4) is 0 Å². The number of hydrogen-bond donors (Lipinski definition) is 0. The van der Waals surface area contributed by atoms with Crippen molar-refractivity contribution in [2.75, 3.05) is 6.26 Å². The number of benzene rings is 1. The van der Waals surface area contributed by atoms with Gasteiger partial charge >= 0.3 is 17.1 Å². The van der Waals surface area contributed by atoms with E-state index in [1.54, 1.807) is 12.5 Å². The van der Waals surface area contributed by atoms with Gasteiger partial charge in [0, 0.05) is 6.20 Å². The van der Waals surface area contributed by atoms with Gasteiger partial charge in [-0.3, -0.25) is 0 Å². The molecule has 0 aliphatic heterocycles. The third-order valence-electron chi connectivity index (χ3n) is 1.65. The fourth-order valence-corrected chi connectivity index (χ4v) is 1.07. The standard InChI is InChI=1S/C11H8N.CH4S.Cu/c1-2-6-10(7-3-1)11-8-4-5-9-12-11;1-2;/h1-6,8-9H;2H,1H3;/q-1;;+2/p-1. The van der Waals surface area contributed by atoms with E-state index in [0.29, 0.717) is 0 Å². The summed E-state index contributed by atoms with van der Waals surface area (Å²) in [6.07, 6.45) is 3.37. The van der Waals surface area contributed by atoms with E-state index in [-0.39, 0.29) is 17.1 Å². The van der Waals surface area contributed by atoms with E-state index in [1.165, 1.54) is 0 Å². The van der Waals surface area contributed by atoms with Crippen molar-refractivity contribution in [3.05, 3.63) is 54.7 Å². The van der Waals surface area contributed by atoms with E-state index in [0.717, 1.165) is 11.3 Å². The van der Waals surface area contributed by atoms with Gasteiger partial charge in [-0.25, -0.2) is 0 Å². The Labute approximate surface area is 107 Å². The van der Waals surface area contributed by atoms with Gasteiger partial charge in [0.2, 0.25) is 0 Å². The van der Waals surface area contributed by atoms with Gasteiger partial charge < -0.3 is 17.6 Å². The van der Waals surface area contributed by atoms with Crippen LogP contribution in [-0.4, -0.2) is 11.2 Å². The molecule has 0 amide bonds. The molecule has 0 saturated heterocycles. The second-order valence-corrected chi connectivity index (χ2v) is 2.49. The summed E-state index contributed by atoms with van der Waals surface area (Å²) in [6.45, 7) is 0. The molecule has 2 aromatic rings. The van der Waals surface area contributed by atoms with Gasteiger partial charge in [-0.1, -0.05) is 12.1 Å². The van der Waals surface area contributed by atoms with Crippen molar-refractivity contribution in [1.82, 2.24) is 4.98 Å². The van der Waals surface area contributed by atoms with Crippen LogP contribution < -0.4 is 0 Å². The fraction of sp³-hybridized carbons (Fsp3) is 0.0833. The number of nitrogens with zero attached hydrogens (tertiary/aromatic N) is 1.